The zero-order valence-electron chi connectivity index (χ0n) is 10.2. The number of nitrogens with two attached hydrogens (primary N) is 1. The van der Waals surface area contributed by atoms with Crippen LogP contribution < -0.4 is 5.32 Å². The van der Waals surface area contributed by atoms with Gasteiger partial charge >= 0.3 is 0 Å². The monoisotopic (exact) mass is 257 g/mol. The molecule has 1 aromatic carbocycles. The molecule has 0 radical (unpaired) electrons. The molecule has 0 aliphatic carbocycles. The lowest BCUT2D eigenvalue weighted by Gasteiger charge is -1.99. The minimum absolute atomic E-state index is 1.10. The first-order chi connectivity index (χ1) is 8.93. The topological polar surface area (TPSA) is 32.4 Å². The lowest BCUT2D eigenvalue weighted by molar-refractivity contribution is -0.669. The van der Waals surface area contributed by atoms with Crippen LogP contribution in [0, 0.1) is 0 Å². The summed E-state index contributed by atoms with van der Waals surface area (Å²) in [4.78, 5) is 4.78. The van der Waals surface area contributed by atoms with Gasteiger partial charge in [-0.3, -0.25) is 0 Å². The summed E-state index contributed by atoms with van der Waals surface area (Å²) >= 11 is 1.84. The number of aromatic nitrogens is 1. The molecular weight excluding hydrogens is 240 g/mol. The largest absolute Gasteiger partial charge is 0.361 e. The van der Waals surface area contributed by atoms with Crippen LogP contribution in [0.1, 0.15) is 10.4 Å². The number of benzene rings is 1. The van der Waals surface area contributed by atoms with Gasteiger partial charge in [-0.05, 0) is 23.1 Å². The van der Waals surface area contributed by atoms with Crippen molar-refractivity contribution in [2.45, 2.75) is 13.0 Å². The van der Waals surface area contributed by atoms with Gasteiger partial charge in [0.05, 0.1) is 11.4 Å². The van der Waals surface area contributed by atoms with E-state index in [1.165, 1.54) is 21.3 Å². The average molecular weight is 257 g/mol. The molecule has 3 rings (SSSR count). The van der Waals surface area contributed by atoms with Crippen molar-refractivity contribution in [3.63, 3.8) is 0 Å². The summed E-state index contributed by atoms with van der Waals surface area (Å²) in [5, 5.41) is 5.89. The van der Waals surface area contributed by atoms with Crippen LogP contribution in [0.2, 0.25) is 0 Å². The van der Waals surface area contributed by atoms with Gasteiger partial charge in [0.15, 0.2) is 0 Å². The predicted octanol–water partition coefficient (Wildman–Crippen LogP) is 2.54. The second-order valence-electron chi connectivity index (χ2n) is 4.47. The van der Waals surface area contributed by atoms with E-state index in [4.69, 9.17) is 0 Å². The lowest BCUT2D eigenvalue weighted by atomic mass is 10.1. The van der Waals surface area contributed by atoms with Crippen molar-refractivity contribution in [2.75, 3.05) is 6.54 Å². The van der Waals surface area contributed by atoms with Crippen LogP contribution in [-0.4, -0.2) is 11.5 Å². The normalized spacial score (nSPS) is 11.1. The van der Waals surface area contributed by atoms with Gasteiger partial charge in [-0.15, -0.1) is 11.3 Å². The predicted molar refractivity (Wildman–Crippen MR) is 76.8 cm³/mol. The fraction of sp³-hybridized carbons (Fsp3) is 0.200. The molecule has 3 aromatic rings. The molecule has 0 bridgehead atoms. The number of thiophene rings is 1. The molecule has 0 unspecified atom stereocenters. The van der Waals surface area contributed by atoms with Crippen LogP contribution in [0.5, 0.6) is 0 Å². The third-order valence-electron chi connectivity index (χ3n) is 3.22. The van der Waals surface area contributed by atoms with Crippen molar-refractivity contribution in [2.24, 2.45) is 0 Å². The zero-order valence-corrected chi connectivity index (χ0v) is 11.0. The Labute approximate surface area is 111 Å². The van der Waals surface area contributed by atoms with E-state index in [-0.39, 0.29) is 0 Å². The Balaban J connectivity index is 1.57. The van der Waals surface area contributed by atoms with Crippen molar-refractivity contribution >= 4 is 22.2 Å². The van der Waals surface area contributed by atoms with Gasteiger partial charge in [-0.25, -0.2) is 0 Å². The molecule has 2 aromatic heterocycles. The molecule has 0 amide bonds. The molecule has 92 valence electrons. The van der Waals surface area contributed by atoms with Crippen LogP contribution in [0.4, 0.5) is 0 Å². The standard InChI is InChI=1S/C15H16N2S/c1-2-6-15-14(5-1)12(10-17-15)7-8-16-11-13-4-3-9-18-13/h1-6,9-10,16-17H,7-8,11H2/p+1. The molecule has 3 N–H and O–H groups in total. The maximum atomic E-state index is 3.33. The van der Waals surface area contributed by atoms with E-state index in [9.17, 15) is 0 Å². The summed E-state index contributed by atoms with van der Waals surface area (Å²) in [5.41, 5.74) is 2.67. The quantitative estimate of drug-likeness (QED) is 0.659. The number of quaternary nitrogens is 1. The number of aromatic amines is 1. The van der Waals surface area contributed by atoms with Crippen LogP contribution in [0.3, 0.4) is 0 Å². The average Bonchev–Trinajstić information content (AvgIpc) is 3.04. The molecule has 0 fully saturated rings. The molecule has 0 saturated heterocycles. The van der Waals surface area contributed by atoms with Crippen LogP contribution in [0.25, 0.3) is 10.9 Å². The Morgan fingerprint density at radius 3 is 2.94 bits per heavy atom. The highest BCUT2D eigenvalue weighted by Crippen LogP contribution is 2.17. The maximum Gasteiger partial charge on any atom is 0.111 e. The second-order valence-corrected chi connectivity index (χ2v) is 5.50. The fourth-order valence-electron chi connectivity index (χ4n) is 2.27. The Morgan fingerprint density at radius 1 is 1.11 bits per heavy atom. The SMILES string of the molecule is c1csc(C[NH2+]CCc2c[nH]c3ccccc23)c1. The molecule has 0 spiro atoms. The lowest BCUT2D eigenvalue weighted by Crippen LogP contribution is -2.82. The van der Waals surface area contributed by atoms with E-state index in [2.05, 4.69) is 58.3 Å². The third-order valence-corrected chi connectivity index (χ3v) is 4.12. The molecule has 18 heavy (non-hydrogen) atoms. The van der Waals surface area contributed by atoms with Crippen molar-refractivity contribution in [1.29, 1.82) is 0 Å². The maximum absolute atomic E-state index is 3.33. The van der Waals surface area contributed by atoms with Crippen LogP contribution >= 0.6 is 11.3 Å². The first-order valence-electron chi connectivity index (χ1n) is 6.32. The third kappa shape index (κ3) is 2.47. The highest BCUT2D eigenvalue weighted by molar-refractivity contribution is 7.09. The Bertz CT molecular complexity index is 610. The number of nitrogens with one attached hydrogen (secondary N) is 1. The van der Waals surface area contributed by atoms with Gasteiger partial charge in [0.1, 0.15) is 6.54 Å². The van der Waals surface area contributed by atoms with Crippen molar-refractivity contribution in [3.8, 4) is 0 Å². The van der Waals surface area contributed by atoms with Crippen LogP contribution in [-0.2, 0) is 13.0 Å². The minimum atomic E-state index is 1.10. The van der Waals surface area contributed by atoms with Crippen molar-refractivity contribution in [1.82, 2.24) is 4.98 Å². The van der Waals surface area contributed by atoms with Gasteiger partial charge in [0.2, 0.25) is 0 Å². The molecule has 3 heteroatoms. The highest BCUT2D eigenvalue weighted by atomic mass is 32.1. The summed E-state index contributed by atoms with van der Waals surface area (Å²) in [7, 11) is 0. The fourth-order valence-corrected chi connectivity index (χ4v) is 2.97. The number of hydrogen-bond acceptors (Lipinski definition) is 1. The van der Waals surface area contributed by atoms with Gasteiger partial charge in [-0.2, -0.15) is 0 Å². The van der Waals surface area contributed by atoms with E-state index in [0.29, 0.717) is 0 Å². The van der Waals surface area contributed by atoms with E-state index in [1.807, 2.05) is 11.3 Å². The van der Waals surface area contributed by atoms with Gasteiger partial charge in [0, 0.05) is 23.5 Å². The summed E-state index contributed by atoms with van der Waals surface area (Å²) in [6.07, 6.45) is 3.26. The van der Waals surface area contributed by atoms with E-state index in [0.717, 1.165) is 19.5 Å². The van der Waals surface area contributed by atoms with Crippen LogP contribution in [0.15, 0.2) is 48.0 Å². The first-order valence-corrected chi connectivity index (χ1v) is 7.20. The summed E-state index contributed by atoms with van der Waals surface area (Å²) in [6.45, 7) is 2.24. The Hall–Kier alpha value is -1.58. The van der Waals surface area contributed by atoms with E-state index in [1.54, 1.807) is 0 Å². The van der Waals surface area contributed by atoms with Gasteiger partial charge in [-0.1, -0.05) is 24.3 Å². The number of H-pyrrole nitrogens is 1. The Morgan fingerprint density at radius 2 is 2.06 bits per heavy atom. The second kappa shape index (κ2) is 5.38. The molecule has 0 aliphatic heterocycles. The number of hydrogen-bond donors (Lipinski definition) is 2. The molecule has 2 nitrogen and oxygen atoms in total. The highest BCUT2D eigenvalue weighted by Gasteiger charge is 2.03. The first kappa shape index (κ1) is 11.5. The molecule has 0 saturated carbocycles. The minimum Gasteiger partial charge on any atom is -0.361 e. The molecule has 0 atom stereocenters. The molecule has 0 aliphatic rings. The zero-order chi connectivity index (χ0) is 12.2. The van der Waals surface area contributed by atoms with Gasteiger partial charge < -0.3 is 10.3 Å². The number of fused-ring (bicyclic) bond motifs is 1. The molecular formula is C15H17N2S+. The molecule has 2 heterocycles. The van der Waals surface area contributed by atoms with E-state index < -0.39 is 0 Å². The summed E-state index contributed by atoms with van der Waals surface area (Å²) in [6, 6.07) is 12.8. The number of para-hydroxylation sites is 1. The summed E-state index contributed by atoms with van der Waals surface area (Å²) in [5.74, 6) is 0. The summed E-state index contributed by atoms with van der Waals surface area (Å²) < 4.78 is 0. The van der Waals surface area contributed by atoms with E-state index >= 15 is 0 Å². The van der Waals surface area contributed by atoms with Gasteiger partial charge in [0.25, 0.3) is 0 Å². The number of rotatable bonds is 5. The van der Waals surface area contributed by atoms with Crippen molar-refractivity contribution < 1.29 is 5.32 Å². The smallest absolute Gasteiger partial charge is 0.111 e. The Kier molecular flexibility index (Phi) is 3.44. The van der Waals surface area contributed by atoms with Crippen molar-refractivity contribution in [3.05, 3.63) is 58.4 Å².